The number of para-hydroxylation sites is 1. The molecule has 1 aromatic heterocycles. The van der Waals surface area contributed by atoms with Crippen molar-refractivity contribution in [1.29, 1.82) is 0 Å². The largest absolute Gasteiger partial charge is 0.497 e. The molecule has 0 unspecified atom stereocenters. The zero-order valence-corrected chi connectivity index (χ0v) is 16.3. The average Bonchev–Trinajstić information content (AvgIpc) is 2.74. The molecule has 6 heteroatoms. The molecule has 3 rings (SSSR count). The number of carbonyl (C=O) groups excluding carboxylic acids is 1. The Balaban J connectivity index is 1.62. The molecule has 0 aliphatic carbocycles. The van der Waals surface area contributed by atoms with Crippen molar-refractivity contribution in [3.05, 3.63) is 77.1 Å². The van der Waals surface area contributed by atoms with Crippen LogP contribution in [0.5, 0.6) is 5.75 Å². The van der Waals surface area contributed by atoms with Crippen molar-refractivity contribution < 1.29 is 9.53 Å². The standard InChI is InChI=1S/C22H24N4O2/c1-4-17-7-5-6-15(2)20(17)26-22-24-13-18(14-25-22)21(27)23-12-16-8-10-19(28-3)11-9-16/h5-11,13-14H,4,12H2,1-3H3,(H,23,27)(H,24,25,26). The predicted octanol–water partition coefficient (Wildman–Crippen LogP) is 4.03. The van der Waals surface area contributed by atoms with E-state index in [9.17, 15) is 4.79 Å². The number of ether oxygens (including phenoxy) is 1. The molecule has 0 radical (unpaired) electrons. The van der Waals surface area contributed by atoms with Crippen LogP contribution < -0.4 is 15.4 Å². The normalized spacial score (nSPS) is 10.4. The number of anilines is 2. The summed E-state index contributed by atoms with van der Waals surface area (Å²) in [5, 5.41) is 6.13. The fourth-order valence-electron chi connectivity index (χ4n) is 2.85. The lowest BCUT2D eigenvalue weighted by atomic mass is 10.1. The summed E-state index contributed by atoms with van der Waals surface area (Å²) in [6, 6.07) is 13.7. The van der Waals surface area contributed by atoms with Crippen LogP contribution in [-0.2, 0) is 13.0 Å². The maximum atomic E-state index is 12.3. The molecule has 0 fully saturated rings. The fraction of sp³-hybridized carbons (Fsp3) is 0.227. The third-order valence-corrected chi connectivity index (χ3v) is 4.50. The van der Waals surface area contributed by atoms with E-state index in [1.807, 2.05) is 43.3 Å². The van der Waals surface area contributed by atoms with Crippen molar-refractivity contribution in [2.24, 2.45) is 0 Å². The van der Waals surface area contributed by atoms with Crippen molar-refractivity contribution in [1.82, 2.24) is 15.3 Å². The lowest BCUT2D eigenvalue weighted by molar-refractivity contribution is 0.0950. The molecule has 0 aliphatic rings. The number of aromatic nitrogens is 2. The smallest absolute Gasteiger partial charge is 0.254 e. The molecule has 2 aromatic carbocycles. The Bertz CT molecular complexity index is 938. The average molecular weight is 376 g/mol. The van der Waals surface area contributed by atoms with Crippen LogP contribution in [0.4, 0.5) is 11.6 Å². The van der Waals surface area contributed by atoms with Crippen LogP contribution in [0.3, 0.4) is 0 Å². The Morgan fingerprint density at radius 2 is 1.79 bits per heavy atom. The van der Waals surface area contributed by atoms with Gasteiger partial charge in [0, 0.05) is 24.6 Å². The second kappa shape index (κ2) is 8.99. The molecule has 1 heterocycles. The van der Waals surface area contributed by atoms with E-state index in [0.717, 1.165) is 29.0 Å². The van der Waals surface area contributed by atoms with E-state index in [4.69, 9.17) is 4.74 Å². The molecule has 2 N–H and O–H groups in total. The van der Waals surface area contributed by atoms with E-state index in [2.05, 4.69) is 33.6 Å². The second-order valence-electron chi connectivity index (χ2n) is 6.41. The highest BCUT2D eigenvalue weighted by atomic mass is 16.5. The van der Waals surface area contributed by atoms with Crippen LogP contribution in [0, 0.1) is 6.92 Å². The maximum Gasteiger partial charge on any atom is 0.254 e. The number of benzene rings is 2. The Morgan fingerprint density at radius 1 is 1.07 bits per heavy atom. The first-order valence-corrected chi connectivity index (χ1v) is 9.19. The Morgan fingerprint density at radius 3 is 2.43 bits per heavy atom. The van der Waals surface area contributed by atoms with Gasteiger partial charge in [0.15, 0.2) is 0 Å². The number of nitrogens with zero attached hydrogens (tertiary/aromatic N) is 2. The maximum absolute atomic E-state index is 12.3. The number of methoxy groups -OCH3 is 1. The van der Waals surface area contributed by atoms with Gasteiger partial charge < -0.3 is 15.4 Å². The highest BCUT2D eigenvalue weighted by molar-refractivity contribution is 5.93. The van der Waals surface area contributed by atoms with Crippen molar-refractivity contribution in [2.45, 2.75) is 26.8 Å². The summed E-state index contributed by atoms with van der Waals surface area (Å²) >= 11 is 0. The molecule has 6 nitrogen and oxygen atoms in total. The van der Waals surface area contributed by atoms with E-state index in [0.29, 0.717) is 18.1 Å². The van der Waals surface area contributed by atoms with E-state index >= 15 is 0 Å². The molecule has 0 saturated carbocycles. The van der Waals surface area contributed by atoms with Gasteiger partial charge in [0.25, 0.3) is 5.91 Å². The van der Waals surface area contributed by atoms with Gasteiger partial charge in [-0.15, -0.1) is 0 Å². The molecule has 0 spiro atoms. The highest BCUT2D eigenvalue weighted by Gasteiger charge is 2.09. The topological polar surface area (TPSA) is 76.1 Å². The Labute approximate surface area is 165 Å². The van der Waals surface area contributed by atoms with Crippen LogP contribution in [0.2, 0.25) is 0 Å². The van der Waals surface area contributed by atoms with Crippen molar-refractivity contribution in [3.8, 4) is 5.75 Å². The first kappa shape index (κ1) is 19.4. The number of aryl methyl sites for hydroxylation is 2. The summed E-state index contributed by atoms with van der Waals surface area (Å²) in [6.45, 7) is 4.57. The number of carbonyl (C=O) groups is 1. The van der Waals surface area contributed by atoms with Crippen LogP contribution in [0.1, 0.15) is 34.0 Å². The van der Waals surface area contributed by atoms with Crippen LogP contribution >= 0.6 is 0 Å². The number of amides is 1. The minimum atomic E-state index is -0.215. The van der Waals surface area contributed by atoms with E-state index in [1.165, 1.54) is 18.0 Å². The molecular weight excluding hydrogens is 352 g/mol. The van der Waals surface area contributed by atoms with Gasteiger partial charge in [-0.1, -0.05) is 37.3 Å². The van der Waals surface area contributed by atoms with E-state index < -0.39 is 0 Å². The van der Waals surface area contributed by atoms with Gasteiger partial charge in [-0.05, 0) is 42.2 Å². The van der Waals surface area contributed by atoms with Crippen LogP contribution in [0.15, 0.2) is 54.9 Å². The Hall–Kier alpha value is -3.41. The first-order valence-electron chi connectivity index (χ1n) is 9.19. The third kappa shape index (κ3) is 4.65. The van der Waals surface area contributed by atoms with E-state index in [-0.39, 0.29) is 5.91 Å². The van der Waals surface area contributed by atoms with Gasteiger partial charge in [0.1, 0.15) is 5.75 Å². The van der Waals surface area contributed by atoms with Crippen molar-refractivity contribution >= 4 is 17.5 Å². The monoisotopic (exact) mass is 376 g/mol. The highest BCUT2D eigenvalue weighted by Crippen LogP contribution is 2.23. The predicted molar refractivity (Wildman–Crippen MR) is 110 cm³/mol. The lowest BCUT2D eigenvalue weighted by Crippen LogP contribution is -2.23. The summed E-state index contributed by atoms with van der Waals surface area (Å²) in [6.07, 6.45) is 3.97. The second-order valence-corrected chi connectivity index (χ2v) is 6.41. The minimum Gasteiger partial charge on any atom is -0.497 e. The molecule has 0 bridgehead atoms. The summed E-state index contributed by atoms with van der Waals surface area (Å²) in [5.41, 5.74) is 4.75. The van der Waals surface area contributed by atoms with Crippen molar-refractivity contribution in [3.63, 3.8) is 0 Å². The van der Waals surface area contributed by atoms with Gasteiger partial charge in [-0.3, -0.25) is 4.79 Å². The minimum absolute atomic E-state index is 0.215. The molecule has 144 valence electrons. The number of rotatable bonds is 7. The molecule has 28 heavy (non-hydrogen) atoms. The Kier molecular flexibility index (Phi) is 6.22. The van der Waals surface area contributed by atoms with Gasteiger partial charge in [0.05, 0.1) is 12.7 Å². The van der Waals surface area contributed by atoms with Gasteiger partial charge >= 0.3 is 0 Å². The number of hydrogen-bond acceptors (Lipinski definition) is 5. The molecule has 1 amide bonds. The summed E-state index contributed by atoms with van der Waals surface area (Å²) in [4.78, 5) is 20.9. The molecule has 0 atom stereocenters. The van der Waals surface area contributed by atoms with Gasteiger partial charge in [-0.25, -0.2) is 9.97 Å². The summed E-state index contributed by atoms with van der Waals surface area (Å²) < 4.78 is 5.13. The van der Waals surface area contributed by atoms with Crippen molar-refractivity contribution in [2.75, 3.05) is 12.4 Å². The number of nitrogens with one attached hydrogen (secondary N) is 2. The zero-order chi connectivity index (χ0) is 19.9. The number of hydrogen-bond donors (Lipinski definition) is 2. The lowest BCUT2D eigenvalue weighted by Gasteiger charge is -2.13. The quantitative estimate of drug-likeness (QED) is 0.651. The van der Waals surface area contributed by atoms with Gasteiger partial charge in [-0.2, -0.15) is 0 Å². The molecule has 0 aliphatic heterocycles. The van der Waals surface area contributed by atoms with E-state index in [1.54, 1.807) is 7.11 Å². The fourth-order valence-corrected chi connectivity index (χ4v) is 2.85. The van der Waals surface area contributed by atoms with Crippen LogP contribution in [0.25, 0.3) is 0 Å². The molecule has 0 saturated heterocycles. The first-order chi connectivity index (χ1) is 13.6. The summed E-state index contributed by atoms with van der Waals surface area (Å²) in [7, 11) is 1.62. The molecular formula is C22H24N4O2. The SMILES string of the molecule is CCc1cccc(C)c1Nc1ncc(C(=O)NCc2ccc(OC)cc2)cn1. The van der Waals surface area contributed by atoms with Gasteiger partial charge in [0.2, 0.25) is 5.95 Å². The third-order valence-electron chi connectivity index (χ3n) is 4.50. The molecule has 3 aromatic rings. The zero-order valence-electron chi connectivity index (χ0n) is 16.3. The summed E-state index contributed by atoms with van der Waals surface area (Å²) in [5.74, 6) is 1.04. The van der Waals surface area contributed by atoms with Crippen LogP contribution in [-0.4, -0.2) is 23.0 Å².